The molecule has 2 aromatic rings. The molecule has 1 heterocycles. The average molecular weight is 424 g/mol. The Morgan fingerprint density at radius 3 is 2.48 bits per heavy atom. The van der Waals surface area contributed by atoms with E-state index in [1.807, 2.05) is 13.0 Å². The molecular weight excluding hydrogens is 400 g/mol. The Hall–Kier alpha value is -3.81. The summed E-state index contributed by atoms with van der Waals surface area (Å²) in [4.78, 5) is 37.0. The number of para-hydroxylation sites is 1. The van der Waals surface area contributed by atoms with Gasteiger partial charge in [0, 0.05) is 0 Å². The maximum atomic E-state index is 12.7. The SMILES string of the molecule is CCOC(=O)C(C)Oc1ccc(C=C2C(=O)NN(c3ccccc3)C2=O)cc1OCC. The van der Waals surface area contributed by atoms with E-state index in [4.69, 9.17) is 14.2 Å². The minimum Gasteiger partial charge on any atom is -0.490 e. The van der Waals surface area contributed by atoms with Crippen LogP contribution in [-0.2, 0) is 19.1 Å². The van der Waals surface area contributed by atoms with Gasteiger partial charge in [0.15, 0.2) is 17.6 Å². The summed E-state index contributed by atoms with van der Waals surface area (Å²) in [7, 11) is 0. The number of ether oxygens (including phenoxy) is 3. The number of hydrogen-bond acceptors (Lipinski definition) is 6. The molecule has 1 aliphatic heterocycles. The molecule has 0 spiro atoms. The zero-order chi connectivity index (χ0) is 22.4. The first kappa shape index (κ1) is 21.9. The van der Waals surface area contributed by atoms with Gasteiger partial charge in [0.05, 0.1) is 18.9 Å². The Kier molecular flexibility index (Phi) is 6.92. The number of rotatable bonds is 8. The number of nitrogens with zero attached hydrogens (tertiary/aromatic N) is 1. The van der Waals surface area contributed by atoms with Crippen LogP contribution in [0.15, 0.2) is 54.1 Å². The highest BCUT2D eigenvalue weighted by atomic mass is 16.6. The monoisotopic (exact) mass is 424 g/mol. The normalized spacial score (nSPS) is 15.6. The van der Waals surface area contributed by atoms with Gasteiger partial charge in [-0.25, -0.2) is 9.80 Å². The molecule has 2 aromatic carbocycles. The molecule has 1 fully saturated rings. The highest BCUT2D eigenvalue weighted by Crippen LogP contribution is 2.31. The van der Waals surface area contributed by atoms with Crippen molar-refractivity contribution in [3.05, 3.63) is 59.7 Å². The molecule has 0 bridgehead atoms. The van der Waals surface area contributed by atoms with E-state index in [2.05, 4.69) is 5.43 Å². The van der Waals surface area contributed by atoms with Crippen LogP contribution < -0.4 is 19.9 Å². The number of anilines is 1. The van der Waals surface area contributed by atoms with Crippen LogP contribution in [0.3, 0.4) is 0 Å². The van der Waals surface area contributed by atoms with Crippen molar-refractivity contribution in [3.63, 3.8) is 0 Å². The van der Waals surface area contributed by atoms with Gasteiger partial charge < -0.3 is 14.2 Å². The van der Waals surface area contributed by atoms with Crippen molar-refractivity contribution in [2.75, 3.05) is 18.2 Å². The van der Waals surface area contributed by atoms with Gasteiger partial charge in [-0.15, -0.1) is 0 Å². The van der Waals surface area contributed by atoms with Crippen molar-refractivity contribution < 1.29 is 28.6 Å². The van der Waals surface area contributed by atoms with Crippen LogP contribution in [-0.4, -0.2) is 37.1 Å². The van der Waals surface area contributed by atoms with E-state index in [-0.39, 0.29) is 12.2 Å². The Labute approximate surface area is 180 Å². The summed E-state index contributed by atoms with van der Waals surface area (Å²) in [6.07, 6.45) is 0.673. The second-order valence-corrected chi connectivity index (χ2v) is 6.63. The number of carbonyl (C=O) groups is 3. The summed E-state index contributed by atoms with van der Waals surface area (Å²) in [5, 5.41) is 1.20. The standard InChI is InChI=1S/C23H24N2O6/c1-4-29-20-14-16(11-12-19(20)31-15(3)23(28)30-5-2)13-18-21(26)24-25(22(18)27)17-9-7-6-8-10-17/h6-15H,4-5H2,1-3H3,(H,24,26). The minimum atomic E-state index is -0.815. The topological polar surface area (TPSA) is 94.2 Å². The largest absolute Gasteiger partial charge is 0.490 e. The fourth-order valence-corrected chi connectivity index (χ4v) is 2.96. The van der Waals surface area contributed by atoms with Crippen LogP contribution in [0.25, 0.3) is 6.08 Å². The molecule has 162 valence electrons. The smallest absolute Gasteiger partial charge is 0.347 e. The summed E-state index contributed by atoms with van der Waals surface area (Å²) in [6.45, 7) is 5.75. The zero-order valence-corrected chi connectivity index (χ0v) is 17.6. The third kappa shape index (κ3) is 5.03. The van der Waals surface area contributed by atoms with Gasteiger partial charge in [-0.1, -0.05) is 24.3 Å². The number of nitrogens with one attached hydrogen (secondary N) is 1. The van der Waals surface area contributed by atoms with E-state index in [9.17, 15) is 14.4 Å². The van der Waals surface area contributed by atoms with E-state index in [0.717, 1.165) is 0 Å². The number of hydrogen-bond donors (Lipinski definition) is 1. The van der Waals surface area contributed by atoms with Crippen molar-refractivity contribution >= 4 is 29.5 Å². The number of carbonyl (C=O) groups excluding carboxylic acids is 3. The van der Waals surface area contributed by atoms with E-state index in [1.54, 1.807) is 56.3 Å². The Morgan fingerprint density at radius 2 is 1.81 bits per heavy atom. The summed E-state index contributed by atoms with van der Waals surface area (Å²) in [6, 6.07) is 13.8. The van der Waals surface area contributed by atoms with Gasteiger partial charge in [-0.2, -0.15) is 0 Å². The van der Waals surface area contributed by atoms with Crippen LogP contribution in [0.2, 0.25) is 0 Å². The first-order valence-corrected chi connectivity index (χ1v) is 9.96. The summed E-state index contributed by atoms with van der Waals surface area (Å²) in [5.41, 5.74) is 3.70. The van der Waals surface area contributed by atoms with E-state index in [0.29, 0.717) is 29.4 Å². The van der Waals surface area contributed by atoms with E-state index < -0.39 is 23.9 Å². The predicted octanol–water partition coefficient (Wildman–Crippen LogP) is 2.88. The molecule has 8 heteroatoms. The molecule has 0 aromatic heterocycles. The van der Waals surface area contributed by atoms with Crippen molar-refractivity contribution in [2.45, 2.75) is 26.9 Å². The number of amides is 2. The third-order valence-corrected chi connectivity index (χ3v) is 4.41. The van der Waals surface area contributed by atoms with Gasteiger partial charge in [-0.05, 0) is 56.7 Å². The summed E-state index contributed by atoms with van der Waals surface area (Å²) in [5.74, 6) is -0.685. The molecule has 1 saturated heterocycles. The lowest BCUT2D eigenvalue weighted by molar-refractivity contribution is -0.150. The second kappa shape index (κ2) is 9.80. The van der Waals surface area contributed by atoms with Gasteiger partial charge in [0.25, 0.3) is 11.8 Å². The Bertz CT molecular complexity index is 1000. The molecule has 3 rings (SSSR count). The maximum absolute atomic E-state index is 12.7. The second-order valence-electron chi connectivity index (χ2n) is 6.63. The average Bonchev–Trinajstić information content (AvgIpc) is 3.04. The van der Waals surface area contributed by atoms with Crippen molar-refractivity contribution in [2.24, 2.45) is 0 Å². The van der Waals surface area contributed by atoms with Crippen molar-refractivity contribution in [3.8, 4) is 11.5 Å². The predicted molar refractivity (Wildman–Crippen MR) is 114 cm³/mol. The molecule has 31 heavy (non-hydrogen) atoms. The lowest BCUT2D eigenvalue weighted by atomic mass is 10.1. The summed E-state index contributed by atoms with van der Waals surface area (Å²) < 4.78 is 16.3. The summed E-state index contributed by atoms with van der Waals surface area (Å²) >= 11 is 0. The first-order chi connectivity index (χ1) is 14.9. The molecule has 1 atom stereocenters. The molecule has 1 unspecified atom stereocenters. The van der Waals surface area contributed by atoms with Crippen LogP contribution in [0.4, 0.5) is 5.69 Å². The third-order valence-electron chi connectivity index (χ3n) is 4.41. The number of benzene rings is 2. The van der Waals surface area contributed by atoms with Gasteiger partial charge in [-0.3, -0.25) is 15.0 Å². The fourth-order valence-electron chi connectivity index (χ4n) is 2.96. The molecule has 1 aliphatic rings. The molecular formula is C23H24N2O6. The Balaban J connectivity index is 1.85. The minimum absolute atomic E-state index is 0.000128. The first-order valence-electron chi connectivity index (χ1n) is 9.96. The van der Waals surface area contributed by atoms with Gasteiger partial charge in [0.2, 0.25) is 0 Å². The molecule has 1 N–H and O–H groups in total. The molecule has 8 nitrogen and oxygen atoms in total. The highest BCUT2D eigenvalue weighted by Gasteiger charge is 2.34. The zero-order valence-electron chi connectivity index (χ0n) is 17.6. The van der Waals surface area contributed by atoms with Gasteiger partial charge >= 0.3 is 5.97 Å². The lowest BCUT2D eigenvalue weighted by Crippen LogP contribution is -2.35. The van der Waals surface area contributed by atoms with Crippen molar-refractivity contribution in [1.29, 1.82) is 0 Å². The fraction of sp³-hybridized carbons (Fsp3) is 0.261. The number of esters is 1. The number of hydrazine groups is 1. The molecule has 2 amide bonds. The molecule has 0 aliphatic carbocycles. The van der Waals surface area contributed by atoms with Crippen LogP contribution in [0.1, 0.15) is 26.3 Å². The quantitative estimate of drug-likeness (QED) is 0.398. The van der Waals surface area contributed by atoms with E-state index in [1.165, 1.54) is 11.1 Å². The van der Waals surface area contributed by atoms with Gasteiger partial charge in [0.1, 0.15) is 5.57 Å². The van der Waals surface area contributed by atoms with E-state index >= 15 is 0 Å². The molecule has 0 saturated carbocycles. The van der Waals surface area contributed by atoms with Crippen LogP contribution in [0, 0.1) is 0 Å². The van der Waals surface area contributed by atoms with Crippen molar-refractivity contribution in [1.82, 2.24) is 5.43 Å². The highest BCUT2D eigenvalue weighted by molar-refractivity contribution is 6.31. The maximum Gasteiger partial charge on any atom is 0.347 e. The Morgan fingerprint density at radius 1 is 1.06 bits per heavy atom. The molecule has 0 radical (unpaired) electrons. The van der Waals surface area contributed by atoms with Crippen LogP contribution in [0.5, 0.6) is 11.5 Å². The van der Waals surface area contributed by atoms with Crippen LogP contribution >= 0.6 is 0 Å². The lowest BCUT2D eigenvalue weighted by Gasteiger charge is -2.16.